The molecule has 1 aromatic heterocycles. The number of nitrogens with one attached hydrogen (secondary N) is 2. The van der Waals surface area contributed by atoms with Crippen LogP contribution in [0.25, 0.3) is 0 Å². The van der Waals surface area contributed by atoms with Gasteiger partial charge in [0.05, 0.1) is 6.26 Å². The van der Waals surface area contributed by atoms with E-state index in [2.05, 4.69) is 29.4 Å². The number of urea groups is 1. The smallest absolute Gasteiger partial charge is 0.315 e. The van der Waals surface area contributed by atoms with Crippen molar-refractivity contribution in [2.45, 2.75) is 58.2 Å². The molecule has 24 heavy (non-hydrogen) atoms. The van der Waals surface area contributed by atoms with Gasteiger partial charge in [-0.3, -0.25) is 4.90 Å². The Hall–Kier alpha value is -1.53. The lowest BCUT2D eigenvalue weighted by Gasteiger charge is -2.35. The molecule has 0 aliphatic carbocycles. The summed E-state index contributed by atoms with van der Waals surface area (Å²) in [6.45, 7) is 9.18. The first-order valence-corrected chi connectivity index (χ1v) is 8.95. The summed E-state index contributed by atoms with van der Waals surface area (Å²) < 4.78 is 5.17. The van der Waals surface area contributed by atoms with Crippen LogP contribution in [0.5, 0.6) is 0 Å². The van der Waals surface area contributed by atoms with Crippen molar-refractivity contribution in [3.05, 3.63) is 24.2 Å². The van der Waals surface area contributed by atoms with Crippen LogP contribution in [0.1, 0.15) is 51.9 Å². The SMILES string of the molecule is CC1CCN(C(C)CNC(=O)NC(C)CC(O)c2ccco2)CC1. The number of hydrogen-bond acceptors (Lipinski definition) is 4. The van der Waals surface area contributed by atoms with Gasteiger partial charge in [0.25, 0.3) is 0 Å². The Labute approximate surface area is 144 Å². The number of hydrogen-bond donors (Lipinski definition) is 3. The first-order valence-electron chi connectivity index (χ1n) is 8.95. The molecule has 1 aliphatic rings. The maximum absolute atomic E-state index is 12.0. The van der Waals surface area contributed by atoms with Crippen LogP contribution in [0.3, 0.4) is 0 Å². The number of likely N-dealkylation sites (tertiary alicyclic amines) is 1. The average molecular weight is 337 g/mol. The van der Waals surface area contributed by atoms with Gasteiger partial charge in [-0.2, -0.15) is 0 Å². The second kappa shape index (κ2) is 9.08. The number of aliphatic hydroxyl groups excluding tert-OH is 1. The van der Waals surface area contributed by atoms with Gasteiger partial charge in [0.1, 0.15) is 11.9 Å². The van der Waals surface area contributed by atoms with Gasteiger partial charge >= 0.3 is 6.03 Å². The highest BCUT2D eigenvalue weighted by atomic mass is 16.4. The first kappa shape index (κ1) is 18.8. The van der Waals surface area contributed by atoms with Gasteiger partial charge in [-0.25, -0.2) is 4.79 Å². The molecule has 2 amide bonds. The van der Waals surface area contributed by atoms with E-state index >= 15 is 0 Å². The van der Waals surface area contributed by atoms with Crippen molar-refractivity contribution in [1.29, 1.82) is 0 Å². The number of rotatable bonds is 7. The van der Waals surface area contributed by atoms with Crippen molar-refractivity contribution < 1.29 is 14.3 Å². The lowest BCUT2D eigenvalue weighted by molar-refractivity contribution is 0.128. The molecular weight excluding hydrogens is 306 g/mol. The Balaban J connectivity index is 1.65. The van der Waals surface area contributed by atoms with Crippen LogP contribution in [0.2, 0.25) is 0 Å². The van der Waals surface area contributed by atoms with Gasteiger partial charge in [0, 0.05) is 25.0 Å². The Bertz CT molecular complexity index is 484. The summed E-state index contributed by atoms with van der Waals surface area (Å²) in [5.41, 5.74) is 0. The van der Waals surface area contributed by atoms with Crippen molar-refractivity contribution in [2.24, 2.45) is 5.92 Å². The highest BCUT2D eigenvalue weighted by Gasteiger charge is 2.21. The zero-order chi connectivity index (χ0) is 17.5. The first-order chi connectivity index (χ1) is 11.5. The van der Waals surface area contributed by atoms with Gasteiger partial charge in [-0.1, -0.05) is 6.92 Å². The van der Waals surface area contributed by atoms with E-state index in [4.69, 9.17) is 4.42 Å². The standard InChI is InChI=1S/C18H31N3O3/c1-13-6-8-21(9-7-13)15(3)12-19-18(23)20-14(2)11-16(22)17-5-4-10-24-17/h4-5,10,13-16,22H,6-9,11-12H2,1-3H3,(H2,19,20,23). The molecule has 3 atom stereocenters. The number of furan rings is 1. The van der Waals surface area contributed by atoms with Crippen molar-refractivity contribution in [2.75, 3.05) is 19.6 Å². The second-order valence-corrected chi connectivity index (χ2v) is 7.09. The molecular formula is C18H31N3O3. The molecule has 0 spiro atoms. The molecule has 3 unspecified atom stereocenters. The monoisotopic (exact) mass is 337 g/mol. The zero-order valence-electron chi connectivity index (χ0n) is 15.0. The predicted octanol–water partition coefficient (Wildman–Crippen LogP) is 2.51. The van der Waals surface area contributed by atoms with E-state index in [9.17, 15) is 9.90 Å². The third-order valence-electron chi connectivity index (χ3n) is 4.83. The number of aliphatic hydroxyl groups is 1. The average Bonchev–Trinajstić information content (AvgIpc) is 3.07. The summed E-state index contributed by atoms with van der Waals surface area (Å²) in [5, 5.41) is 15.8. The van der Waals surface area contributed by atoms with Crippen LogP contribution >= 0.6 is 0 Å². The van der Waals surface area contributed by atoms with Crippen LogP contribution in [0.15, 0.2) is 22.8 Å². The summed E-state index contributed by atoms with van der Waals surface area (Å²) in [5.74, 6) is 1.34. The topological polar surface area (TPSA) is 77.7 Å². The van der Waals surface area contributed by atoms with E-state index in [0.717, 1.165) is 19.0 Å². The highest BCUT2D eigenvalue weighted by molar-refractivity contribution is 5.74. The highest BCUT2D eigenvalue weighted by Crippen LogP contribution is 2.19. The molecule has 1 saturated heterocycles. The lowest BCUT2D eigenvalue weighted by Crippen LogP contribution is -2.49. The molecule has 2 rings (SSSR count). The van der Waals surface area contributed by atoms with Gasteiger partial charge in [0.2, 0.25) is 0 Å². The van der Waals surface area contributed by atoms with Crippen molar-refractivity contribution in [1.82, 2.24) is 15.5 Å². The largest absolute Gasteiger partial charge is 0.467 e. The summed E-state index contributed by atoms with van der Waals surface area (Å²) in [6, 6.07) is 3.49. The van der Waals surface area contributed by atoms with Crippen LogP contribution < -0.4 is 10.6 Å². The third-order valence-corrected chi connectivity index (χ3v) is 4.83. The third kappa shape index (κ3) is 5.83. The molecule has 0 saturated carbocycles. The number of piperidine rings is 1. The molecule has 2 heterocycles. The fraction of sp³-hybridized carbons (Fsp3) is 0.722. The second-order valence-electron chi connectivity index (χ2n) is 7.09. The van der Waals surface area contributed by atoms with E-state index in [1.54, 1.807) is 12.1 Å². The normalized spacial score (nSPS) is 20.3. The van der Waals surface area contributed by atoms with Crippen molar-refractivity contribution in [3.8, 4) is 0 Å². The number of carbonyl (C=O) groups is 1. The van der Waals surface area contributed by atoms with E-state index in [1.165, 1.54) is 19.1 Å². The van der Waals surface area contributed by atoms with Gasteiger partial charge in [0.15, 0.2) is 0 Å². The van der Waals surface area contributed by atoms with E-state index in [1.807, 2.05) is 6.92 Å². The Kier molecular flexibility index (Phi) is 7.12. The molecule has 1 fully saturated rings. The summed E-state index contributed by atoms with van der Waals surface area (Å²) in [6.07, 6.45) is 3.72. The lowest BCUT2D eigenvalue weighted by atomic mass is 9.98. The molecule has 6 heteroatoms. The fourth-order valence-corrected chi connectivity index (χ4v) is 3.10. The summed E-state index contributed by atoms with van der Waals surface area (Å²) >= 11 is 0. The molecule has 3 N–H and O–H groups in total. The van der Waals surface area contributed by atoms with Gasteiger partial charge in [-0.15, -0.1) is 0 Å². The molecule has 0 aromatic carbocycles. The number of amides is 2. The molecule has 0 radical (unpaired) electrons. The Morgan fingerprint density at radius 1 is 1.42 bits per heavy atom. The number of carbonyl (C=O) groups excluding carboxylic acids is 1. The van der Waals surface area contributed by atoms with Crippen LogP contribution in [-0.4, -0.2) is 47.8 Å². The Morgan fingerprint density at radius 3 is 2.75 bits per heavy atom. The van der Waals surface area contributed by atoms with Crippen molar-refractivity contribution in [3.63, 3.8) is 0 Å². The quantitative estimate of drug-likeness (QED) is 0.714. The fourth-order valence-electron chi connectivity index (χ4n) is 3.10. The van der Waals surface area contributed by atoms with Gasteiger partial charge < -0.3 is 20.2 Å². The minimum atomic E-state index is -0.704. The summed E-state index contributed by atoms with van der Waals surface area (Å²) in [7, 11) is 0. The Morgan fingerprint density at radius 2 is 2.12 bits per heavy atom. The van der Waals surface area contributed by atoms with E-state index in [0.29, 0.717) is 24.8 Å². The molecule has 6 nitrogen and oxygen atoms in total. The predicted molar refractivity (Wildman–Crippen MR) is 93.7 cm³/mol. The van der Waals surface area contributed by atoms with Gasteiger partial charge in [-0.05, 0) is 57.8 Å². The minimum Gasteiger partial charge on any atom is -0.467 e. The maximum atomic E-state index is 12.0. The molecule has 0 bridgehead atoms. The zero-order valence-corrected chi connectivity index (χ0v) is 15.0. The molecule has 136 valence electrons. The maximum Gasteiger partial charge on any atom is 0.315 e. The van der Waals surface area contributed by atoms with Crippen molar-refractivity contribution >= 4 is 6.03 Å². The molecule has 1 aromatic rings. The van der Waals surface area contributed by atoms with Crippen LogP contribution in [0, 0.1) is 5.92 Å². The van der Waals surface area contributed by atoms with E-state index < -0.39 is 6.10 Å². The van der Waals surface area contributed by atoms with E-state index in [-0.39, 0.29) is 12.1 Å². The van der Waals surface area contributed by atoms with Crippen LogP contribution in [0.4, 0.5) is 4.79 Å². The molecule has 1 aliphatic heterocycles. The minimum absolute atomic E-state index is 0.142. The van der Waals surface area contributed by atoms with Crippen LogP contribution in [-0.2, 0) is 0 Å². The number of nitrogens with zero attached hydrogens (tertiary/aromatic N) is 1. The summed E-state index contributed by atoms with van der Waals surface area (Å²) in [4.78, 5) is 14.4.